The number of ether oxygens (including phenoxy) is 1. The largest absolute Gasteiger partial charge is 0.438 e. The molecule has 3 aromatic heterocycles. The van der Waals surface area contributed by atoms with Crippen LogP contribution >= 0.6 is 0 Å². The maximum atomic E-state index is 14.5. The number of halogens is 1. The van der Waals surface area contributed by atoms with Gasteiger partial charge in [0.05, 0.1) is 11.3 Å². The fourth-order valence-electron chi connectivity index (χ4n) is 4.34. The molecule has 2 N–H and O–H groups in total. The maximum absolute atomic E-state index is 14.5. The highest BCUT2D eigenvalue weighted by Crippen LogP contribution is 2.35. The van der Waals surface area contributed by atoms with Crippen molar-refractivity contribution in [1.29, 1.82) is 0 Å². The summed E-state index contributed by atoms with van der Waals surface area (Å²) in [5.41, 5.74) is 3.55. The number of nitrogens with one attached hydrogen (secondary N) is 2. The number of rotatable bonds is 7. The number of hydrogen-bond acceptors (Lipinski definition) is 7. The topological polar surface area (TPSA) is 84.9 Å². The molecule has 0 unspecified atom stereocenters. The summed E-state index contributed by atoms with van der Waals surface area (Å²) in [5, 5.41) is 8.13. The van der Waals surface area contributed by atoms with Crippen molar-refractivity contribution >= 4 is 28.2 Å². The van der Waals surface area contributed by atoms with Crippen molar-refractivity contribution in [3.8, 4) is 34.0 Å². The third-order valence-corrected chi connectivity index (χ3v) is 6.22. The second-order valence-electron chi connectivity index (χ2n) is 8.67. The Hall–Kier alpha value is -5.37. The van der Waals surface area contributed by atoms with Gasteiger partial charge in [0.2, 0.25) is 11.8 Å². The van der Waals surface area contributed by atoms with Crippen LogP contribution in [0.2, 0.25) is 0 Å². The lowest BCUT2D eigenvalue weighted by molar-refractivity contribution is 0.465. The summed E-state index contributed by atoms with van der Waals surface area (Å²) in [7, 11) is 1.77. The SMILES string of the molecule is CNc1nccc(-c2cccnc2Oc2ccc(Nc3ncc(-c4ccccc4F)c4ccccc34)cc2)n1. The second-order valence-corrected chi connectivity index (χ2v) is 8.67. The average molecular weight is 515 g/mol. The van der Waals surface area contributed by atoms with Crippen LogP contribution in [-0.4, -0.2) is 27.0 Å². The Balaban J connectivity index is 1.26. The number of benzene rings is 3. The summed E-state index contributed by atoms with van der Waals surface area (Å²) in [6.07, 6.45) is 5.07. The second kappa shape index (κ2) is 10.5. The van der Waals surface area contributed by atoms with E-state index in [-0.39, 0.29) is 5.82 Å². The Bertz CT molecular complexity index is 1770. The number of anilines is 3. The number of fused-ring (bicyclic) bond motifs is 1. The van der Waals surface area contributed by atoms with E-state index < -0.39 is 0 Å². The fraction of sp³-hybridized carbons (Fsp3) is 0.0323. The zero-order chi connectivity index (χ0) is 26.6. The number of pyridine rings is 2. The molecule has 6 rings (SSSR count). The Morgan fingerprint density at radius 2 is 1.46 bits per heavy atom. The molecule has 0 aliphatic heterocycles. The lowest BCUT2D eigenvalue weighted by Gasteiger charge is -2.14. The molecule has 0 spiro atoms. The summed E-state index contributed by atoms with van der Waals surface area (Å²) in [4.78, 5) is 17.7. The molecule has 0 saturated heterocycles. The van der Waals surface area contributed by atoms with Crippen LogP contribution < -0.4 is 15.4 Å². The van der Waals surface area contributed by atoms with Gasteiger partial charge in [-0.15, -0.1) is 0 Å². The third kappa shape index (κ3) is 4.95. The summed E-state index contributed by atoms with van der Waals surface area (Å²) in [5.74, 6) is 1.97. The fourth-order valence-corrected chi connectivity index (χ4v) is 4.34. The molecule has 0 amide bonds. The van der Waals surface area contributed by atoms with Gasteiger partial charge in [-0.25, -0.2) is 24.3 Å². The average Bonchev–Trinajstić information content (AvgIpc) is 2.99. The van der Waals surface area contributed by atoms with E-state index in [2.05, 4.69) is 30.6 Å². The van der Waals surface area contributed by atoms with Gasteiger partial charge in [0.25, 0.3) is 0 Å². The first-order chi connectivity index (χ1) is 19.2. The molecule has 3 aromatic carbocycles. The van der Waals surface area contributed by atoms with Crippen molar-refractivity contribution < 1.29 is 9.13 Å². The van der Waals surface area contributed by atoms with Crippen LogP contribution in [0.25, 0.3) is 33.2 Å². The minimum atomic E-state index is -0.279. The molecule has 6 aromatic rings. The van der Waals surface area contributed by atoms with Crippen molar-refractivity contribution in [3.63, 3.8) is 0 Å². The molecule has 7 nitrogen and oxygen atoms in total. The zero-order valence-corrected chi connectivity index (χ0v) is 21.0. The van der Waals surface area contributed by atoms with E-state index in [1.807, 2.05) is 72.8 Å². The molecule has 0 aliphatic carbocycles. The monoisotopic (exact) mass is 514 g/mol. The number of hydrogen-bond donors (Lipinski definition) is 2. The Kier molecular flexibility index (Phi) is 6.49. The van der Waals surface area contributed by atoms with E-state index in [0.29, 0.717) is 34.7 Å². The van der Waals surface area contributed by atoms with Gasteiger partial charge in [0, 0.05) is 47.8 Å². The van der Waals surface area contributed by atoms with Crippen LogP contribution in [0.5, 0.6) is 11.6 Å². The molecule has 0 aliphatic rings. The van der Waals surface area contributed by atoms with Crippen LogP contribution in [-0.2, 0) is 0 Å². The van der Waals surface area contributed by atoms with Crippen molar-refractivity contribution in [1.82, 2.24) is 19.9 Å². The van der Waals surface area contributed by atoms with E-state index in [9.17, 15) is 4.39 Å². The van der Waals surface area contributed by atoms with Gasteiger partial charge in [-0.1, -0.05) is 42.5 Å². The van der Waals surface area contributed by atoms with Crippen molar-refractivity contribution in [2.45, 2.75) is 0 Å². The molecule has 190 valence electrons. The summed E-state index contributed by atoms with van der Waals surface area (Å²) in [6.45, 7) is 0. The van der Waals surface area contributed by atoms with E-state index >= 15 is 0 Å². The molecule has 0 atom stereocenters. The van der Waals surface area contributed by atoms with E-state index in [4.69, 9.17) is 4.74 Å². The van der Waals surface area contributed by atoms with E-state index in [1.54, 1.807) is 37.8 Å². The summed E-state index contributed by atoms with van der Waals surface area (Å²) in [6, 6.07) is 27.6. The first kappa shape index (κ1) is 24.0. The summed E-state index contributed by atoms with van der Waals surface area (Å²) >= 11 is 0. The smallest absolute Gasteiger partial charge is 0.228 e. The molecular formula is C31H23FN6O. The van der Waals surface area contributed by atoms with Crippen molar-refractivity contribution in [3.05, 3.63) is 115 Å². The number of aromatic nitrogens is 4. The quantitative estimate of drug-likeness (QED) is 0.229. The third-order valence-electron chi connectivity index (χ3n) is 6.22. The van der Waals surface area contributed by atoms with E-state index in [0.717, 1.165) is 27.6 Å². The van der Waals surface area contributed by atoms with Gasteiger partial charge >= 0.3 is 0 Å². The Labute approximate surface area is 224 Å². The molecule has 0 radical (unpaired) electrons. The molecule has 0 saturated carbocycles. The van der Waals surface area contributed by atoms with Crippen LogP contribution in [0.3, 0.4) is 0 Å². The molecule has 39 heavy (non-hydrogen) atoms. The van der Waals surface area contributed by atoms with Crippen molar-refractivity contribution in [2.24, 2.45) is 0 Å². The highest BCUT2D eigenvalue weighted by Gasteiger charge is 2.13. The van der Waals surface area contributed by atoms with Gasteiger partial charge in [-0.3, -0.25) is 0 Å². The molecule has 0 fully saturated rings. The highest BCUT2D eigenvalue weighted by molar-refractivity contribution is 6.02. The van der Waals surface area contributed by atoms with Crippen LogP contribution in [0.15, 0.2) is 110 Å². The highest BCUT2D eigenvalue weighted by atomic mass is 19.1. The predicted octanol–water partition coefficient (Wildman–Crippen LogP) is 7.47. The maximum Gasteiger partial charge on any atom is 0.228 e. The standard InChI is InChI=1S/C31H23FN6O/c1-33-31-35-18-16-28(38-31)25-10-6-17-34-30(25)39-21-14-12-20(13-15-21)37-29-24-9-3-2-7-22(24)26(19-36-29)23-8-4-5-11-27(23)32/h2-19H,1H3,(H,36,37)(H,33,35,38). The van der Waals surface area contributed by atoms with Gasteiger partial charge < -0.3 is 15.4 Å². The normalized spacial score (nSPS) is 10.8. The minimum Gasteiger partial charge on any atom is -0.438 e. The van der Waals surface area contributed by atoms with Crippen LogP contribution in [0.1, 0.15) is 0 Å². The first-order valence-electron chi connectivity index (χ1n) is 12.3. The van der Waals surface area contributed by atoms with E-state index in [1.165, 1.54) is 6.07 Å². The molecule has 3 heterocycles. The summed E-state index contributed by atoms with van der Waals surface area (Å²) < 4.78 is 20.6. The predicted molar refractivity (Wildman–Crippen MR) is 152 cm³/mol. The van der Waals surface area contributed by atoms with Gasteiger partial charge in [0.1, 0.15) is 17.4 Å². The van der Waals surface area contributed by atoms with Crippen molar-refractivity contribution in [2.75, 3.05) is 17.7 Å². The van der Waals surface area contributed by atoms with Gasteiger partial charge in [0.15, 0.2) is 0 Å². The Morgan fingerprint density at radius 1 is 0.692 bits per heavy atom. The molecule has 8 heteroatoms. The minimum absolute atomic E-state index is 0.279. The van der Waals surface area contributed by atoms with Crippen LogP contribution in [0.4, 0.5) is 21.8 Å². The lowest BCUT2D eigenvalue weighted by Crippen LogP contribution is -1.98. The lowest BCUT2D eigenvalue weighted by atomic mass is 10.00. The van der Waals surface area contributed by atoms with Gasteiger partial charge in [-0.05, 0) is 53.9 Å². The molecule has 0 bridgehead atoms. The number of nitrogens with zero attached hydrogens (tertiary/aromatic N) is 4. The van der Waals surface area contributed by atoms with Gasteiger partial charge in [-0.2, -0.15) is 0 Å². The Morgan fingerprint density at radius 3 is 2.28 bits per heavy atom. The van der Waals surface area contributed by atoms with Crippen LogP contribution in [0, 0.1) is 5.82 Å². The zero-order valence-electron chi connectivity index (χ0n) is 21.0. The molecular weight excluding hydrogens is 491 g/mol. The first-order valence-corrected chi connectivity index (χ1v) is 12.3.